The monoisotopic (exact) mass is 475 g/mol. The minimum absolute atomic E-state index is 0.0790. The Morgan fingerprint density at radius 3 is 2.37 bits per heavy atom. The van der Waals surface area contributed by atoms with Crippen LogP contribution >= 0.6 is 0 Å². The van der Waals surface area contributed by atoms with Gasteiger partial charge in [0.05, 0.1) is 12.2 Å². The molecule has 0 aliphatic heterocycles. The number of benzene rings is 3. The number of carboxylic acids is 1. The second kappa shape index (κ2) is 12.4. The van der Waals surface area contributed by atoms with Crippen molar-refractivity contribution < 1.29 is 24.5 Å². The minimum atomic E-state index is -0.976. The number of ether oxygens (including phenoxy) is 2. The predicted octanol–water partition coefficient (Wildman–Crippen LogP) is 5.47. The molecule has 3 N–H and O–H groups in total. The Labute approximate surface area is 206 Å². The van der Waals surface area contributed by atoms with Gasteiger partial charge in [-0.1, -0.05) is 55.0 Å². The fraction of sp³-hybridized carbons (Fsp3) is 0.345. The van der Waals surface area contributed by atoms with E-state index >= 15 is 0 Å². The SMILES string of the molecule is O=C(O)c1ccc(-c2ccc(OCCNC[C@H](O)c3ccccc3)cc2)cc1OC1CCCCC1. The highest BCUT2D eigenvalue weighted by atomic mass is 16.5. The average molecular weight is 476 g/mol. The molecule has 6 heteroatoms. The molecule has 35 heavy (non-hydrogen) atoms. The summed E-state index contributed by atoms with van der Waals surface area (Å²) in [6, 6.07) is 22.6. The molecule has 184 valence electrons. The molecule has 1 saturated carbocycles. The van der Waals surface area contributed by atoms with Crippen molar-refractivity contribution in [1.29, 1.82) is 0 Å². The lowest BCUT2D eigenvalue weighted by molar-refractivity contribution is 0.0686. The van der Waals surface area contributed by atoms with Crippen LogP contribution in [-0.2, 0) is 0 Å². The third-order valence-electron chi connectivity index (χ3n) is 6.32. The number of rotatable bonds is 11. The van der Waals surface area contributed by atoms with E-state index in [0.717, 1.165) is 48.1 Å². The van der Waals surface area contributed by atoms with Crippen LogP contribution in [0.15, 0.2) is 72.8 Å². The van der Waals surface area contributed by atoms with Crippen LogP contribution in [0.2, 0.25) is 0 Å². The van der Waals surface area contributed by atoms with Crippen molar-refractivity contribution in [2.24, 2.45) is 0 Å². The highest BCUT2D eigenvalue weighted by molar-refractivity contribution is 5.92. The summed E-state index contributed by atoms with van der Waals surface area (Å²) in [6.45, 7) is 1.56. The van der Waals surface area contributed by atoms with Gasteiger partial charge in [0.25, 0.3) is 0 Å². The normalized spacial score (nSPS) is 14.9. The second-order valence-electron chi connectivity index (χ2n) is 8.90. The van der Waals surface area contributed by atoms with Crippen molar-refractivity contribution in [3.05, 3.63) is 83.9 Å². The summed E-state index contributed by atoms with van der Waals surface area (Å²) in [6.07, 6.45) is 4.93. The van der Waals surface area contributed by atoms with Crippen LogP contribution in [-0.4, -0.2) is 42.0 Å². The Bertz CT molecular complexity index is 1080. The van der Waals surface area contributed by atoms with Crippen molar-refractivity contribution in [2.75, 3.05) is 19.7 Å². The predicted molar refractivity (Wildman–Crippen MR) is 136 cm³/mol. The zero-order valence-corrected chi connectivity index (χ0v) is 19.9. The molecule has 1 aliphatic rings. The Morgan fingerprint density at radius 2 is 1.66 bits per heavy atom. The molecular formula is C29H33NO5. The topological polar surface area (TPSA) is 88.0 Å². The molecule has 0 aromatic heterocycles. The van der Waals surface area contributed by atoms with Crippen LogP contribution in [0.25, 0.3) is 11.1 Å². The molecule has 0 spiro atoms. The van der Waals surface area contributed by atoms with Crippen molar-refractivity contribution in [1.82, 2.24) is 5.32 Å². The van der Waals surface area contributed by atoms with Crippen LogP contribution in [0.5, 0.6) is 11.5 Å². The largest absolute Gasteiger partial charge is 0.492 e. The number of aliphatic hydroxyl groups excluding tert-OH is 1. The molecule has 1 aliphatic carbocycles. The maximum Gasteiger partial charge on any atom is 0.339 e. The van der Waals surface area contributed by atoms with Gasteiger partial charge in [0.2, 0.25) is 0 Å². The van der Waals surface area contributed by atoms with Gasteiger partial charge in [0.1, 0.15) is 23.7 Å². The number of carbonyl (C=O) groups is 1. The van der Waals surface area contributed by atoms with Gasteiger partial charge in [0.15, 0.2) is 0 Å². The van der Waals surface area contributed by atoms with Gasteiger partial charge in [-0.3, -0.25) is 0 Å². The molecule has 6 nitrogen and oxygen atoms in total. The summed E-state index contributed by atoms with van der Waals surface area (Å²) >= 11 is 0. The van der Waals surface area contributed by atoms with E-state index in [1.54, 1.807) is 6.07 Å². The number of aromatic carboxylic acids is 1. The van der Waals surface area contributed by atoms with Crippen molar-refractivity contribution in [3.63, 3.8) is 0 Å². The molecule has 0 heterocycles. The zero-order chi connectivity index (χ0) is 24.5. The third kappa shape index (κ3) is 7.07. The second-order valence-corrected chi connectivity index (χ2v) is 8.90. The Balaban J connectivity index is 1.30. The number of aliphatic hydroxyl groups is 1. The maximum atomic E-state index is 11.7. The molecule has 4 rings (SSSR count). The Hall–Kier alpha value is -3.35. The van der Waals surface area contributed by atoms with Crippen molar-refractivity contribution in [3.8, 4) is 22.6 Å². The molecule has 0 unspecified atom stereocenters. The fourth-order valence-electron chi connectivity index (χ4n) is 4.36. The molecule has 0 radical (unpaired) electrons. The molecule has 1 fully saturated rings. The summed E-state index contributed by atoms with van der Waals surface area (Å²) in [4.78, 5) is 11.7. The fourth-order valence-corrected chi connectivity index (χ4v) is 4.36. The van der Waals surface area contributed by atoms with Crippen LogP contribution in [0.3, 0.4) is 0 Å². The van der Waals surface area contributed by atoms with E-state index in [-0.39, 0.29) is 11.7 Å². The first-order chi connectivity index (χ1) is 17.1. The first-order valence-electron chi connectivity index (χ1n) is 12.3. The van der Waals surface area contributed by atoms with Gasteiger partial charge in [-0.15, -0.1) is 0 Å². The van der Waals surface area contributed by atoms with E-state index in [2.05, 4.69) is 5.32 Å². The lowest BCUT2D eigenvalue weighted by atomic mass is 9.97. The van der Waals surface area contributed by atoms with E-state index in [1.807, 2.05) is 66.7 Å². The van der Waals surface area contributed by atoms with Crippen LogP contribution < -0.4 is 14.8 Å². The Morgan fingerprint density at radius 1 is 0.943 bits per heavy atom. The van der Waals surface area contributed by atoms with Gasteiger partial charge in [-0.2, -0.15) is 0 Å². The summed E-state index contributed by atoms with van der Waals surface area (Å²) in [5.41, 5.74) is 2.96. The van der Waals surface area contributed by atoms with Gasteiger partial charge >= 0.3 is 5.97 Å². The minimum Gasteiger partial charge on any atom is -0.492 e. The lowest BCUT2D eigenvalue weighted by Crippen LogP contribution is -2.26. The number of hydrogen-bond acceptors (Lipinski definition) is 5. The first-order valence-corrected chi connectivity index (χ1v) is 12.3. The molecule has 3 aromatic rings. The maximum absolute atomic E-state index is 11.7. The van der Waals surface area contributed by atoms with Gasteiger partial charge in [0, 0.05) is 13.1 Å². The molecule has 0 amide bonds. The summed E-state index contributed by atoms with van der Waals surface area (Å²) in [5.74, 6) is 0.210. The quantitative estimate of drug-likeness (QED) is 0.319. The van der Waals surface area contributed by atoms with Crippen LogP contribution in [0, 0.1) is 0 Å². The van der Waals surface area contributed by atoms with Crippen molar-refractivity contribution >= 4 is 5.97 Å². The van der Waals surface area contributed by atoms with E-state index in [9.17, 15) is 15.0 Å². The molecular weight excluding hydrogens is 442 g/mol. The van der Waals surface area contributed by atoms with E-state index in [1.165, 1.54) is 6.42 Å². The first kappa shape index (κ1) is 24.8. The van der Waals surface area contributed by atoms with Crippen LogP contribution in [0.4, 0.5) is 0 Å². The lowest BCUT2D eigenvalue weighted by Gasteiger charge is -2.24. The summed E-state index contributed by atoms with van der Waals surface area (Å²) in [5, 5.41) is 23.0. The van der Waals surface area contributed by atoms with Gasteiger partial charge in [-0.05, 0) is 66.6 Å². The Kier molecular flexibility index (Phi) is 8.76. The molecule has 0 saturated heterocycles. The van der Waals surface area contributed by atoms with Crippen molar-refractivity contribution in [2.45, 2.75) is 44.3 Å². The third-order valence-corrected chi connectivity index (χ3v) is 6.32. The van der Waals surface area contributed by atoms with E-state index < -0.39 is 12.1 Å². The molecule has 1 atom stereocenters. The number of hydrogen-bond donors (Lipinski definition) is 3. The standard InChI is InChI=1S/C29H33NO5/c31-27(22-7-3-1-4-8-22)20-30-17-18-34-24-14-11-21(12-15-24)23-13-16-26(29(32)33)28(19-23)35-25-9-5-2-6-10-25/h1,3-4,7-8,11-16,19,25,27,30-31H,2,5-6,9-10,17-18,20H2,(H,32,33)/t27-/m0/s1. The number of nitrogens with one attached hydrogen (secondary N) is 1. The van der Waals surface area contributed by atoms with Gasteiger partial charge < -0.3 is 25.0 Å². The van der Waals surface area contributed by atoms with Gasteiger partial charge in [-0.25, -0.2) is 4.79 Å². The zero-order valence-electron chi connectivity index (χ0n) is 19.9. The highest BCUT2D eigenvalue weighted by Gasteiger charge is 2.19. The highest BCUT2D eigenvalue weighted by Crippen LogP contribution is 2.31. The summed E-state index contributed by atoms with van der Waals surface area (Å²) < 4.78 is 11.9. The molecule has 0 bridgehead atoms. The van der Waals surface area contributed by atoms with Crippen LogP contribution in [0.1, 0.15) is 54.1 Å². The van der Waals surface area contributed by atoms with E-state index in [0.29, 0.717) is 25.4 Å². The summed E-state index contributed by atoms with van der Waals surface area (Å²) in [7, 11) is 0. The smallest absolute Gasteiger partial charge is 0.339 e. The number of carboxylic acid groups (broad SMARTS) is 1. The average Bonchev–Trinajstić information content (AvgIpc) is 2.89. The molecule has 3 aromatic carbocycles. The van der Waals surface area contributed by atoms with E-state index in [4.69, 9.17) is 9.47 Å².